The van der Waals surface area contributed by atoms with Crippen molar-refractivity contribution < 1.29 is 38.4 Å². The van der Waals surface area contributed by atoms with Crippen LogP contribution in [0.1, 0.15) is 211 Å². The molecule has 0 aliphatic heterocycles. The van der Waals surface area contributed by atoms with Crippen molar-refractivity contribution in [3.63, 3.8) is 0 Å². The summed E-state index contributed by atoms with van der Waals surface area (Å²) in [6, 6.07) is 18.9. The zero-order valence-corrected chi connectivity index (χ0v) is 53.7. The molecule has 4 aromatic rings. The van der Waals surface area contributed by atoms with E-state index in [1.165, 1.54) is 65.7 Å². The third-order valence-electron chi connectivity index (χ3n) is 12.2. The third kappa shape index (κ3) is 17.2. The van der Waals surface area contributed by atoms with Crippen LogP contribution in [-0.2, 0) is 62.8 Å². The van der Waals surface area contributed by atoms with Gasteiger partial charge in [0.2, 0.25) is 0 Å². The fraction of sp³-hybridized carbons (Fsp3) is 0.581. The molecule has 0 heterocycles. The molecule has 0 saturated heterocycles. The van der Waals surface area contributed by atoms with Crippen LogP contribution in [0.3, 0.4) is 0 Å². The molecule has 0 aliphatic rings. The Morgan fingerprint density at radius 1 is 0.314 bits per heavy atom. The van der Waals surface area contributed by atoms with Gasteiger partial charge in [0.15, 0.2) is 0 Å². The molecule has 4 radical (unpaired) electrons. The van der Waals surface area contributed by atoms with Gasteiger partial charge in [-0.25, -0.2) is 0 Å². The minimum atomic E-state index is -0.00111. The molecule has 0 atom stereocenters. The molecule has 4 nitrogen and oxygen atoms in total. The Kier molecular flexibility index (Phi) is 22.5. The summed E-state index contributed by atoms with van der Waals surface area (Å²) < 4.78 is 23.9. The number of hydrogen-bond donors (Lipinski definition) is 0. The van der Waals surface area contributed by atoms with Gasteiger partial charge in [-0.2, -0.15) is 0 Å². The van der Waals surface area contributed by atoms with Crippen molar-refractivity contribution in [2.24, 2.45) is 0 Å². The maximum absolute atomic E-state index is 5.98. The van der Waals surface area contributed by atoms with Crippen LogP contribution >= 0.6 is 17.2 Å². The largest absolute Gasteiger partial charge is 0.701 e. The predicted molar refractivity (Wildman–Crippen MR) is 310 cm³/mol. The molecule has 0 fully saturated rings. The smallest absolute Gasteiger partial charge is 0.126 e. The van der Waals surface area contributed by atoms with Crippen molar-refractivity contribution in [1.29, 1.82) is 0 Å². The summed E-state index contributed by atoms with van der Waals surface area (Å²) in [7, 11) is 10.9. The number of ether oxygens (including phenoxy) is 4. The first-order chi connectivity index (χ1) is 31.0. The average molecular weight is 1100 g/mol. The van der Waals surface area contributed by atoms with Crippen LogP contribution in [-0.4, -0.2) is 38.7 Å². The molecule has 4 aromatic carbocycles. The minimum Gasteiger partial charge on any atom is -0.701 e. The first-order valence-electron chi connectivity index (χ1n) is 24.6. The summed E-state index contributed by atoms with van der Waals surface area (Å²) in [6.07, 6.45) is 5.87. The molecule has 0 aromatic heterocycles. The molecule has 8 heteroatoms. The molecule has 0 N–H and O–H groups in total. The Balaban J connectivity index is 0.000000654. The average Bonchev–Trinajstić information content (AvgIpc) is 3.17. The van der Waals surface area contributed by atoms with Gasteiger partial charge in [-0.05, 0) is 113 Å². The van der Waals surface area contributed by atoms with Gasteiger partial charge in [0, 0.05) is 64.0 Å². The van der Waals surface area contributed by atoms with Crippen molar-refractivity contribution in [2.75, 3.05) is 28.4 Å². The van der Waals surface area contributed by atoms with Gasteiger partial charge in [-0.3, -0.25) is 0 Å². The first-order valence-corrected chi connectivity index (χ1v) is 27.1. The molecule has 4 rings (SSSR count). The number of benzene rings is 4. The van der Waals surface area contributed by atoms with Crippen molar-refractivity contribution in [3.8, 4) is 28.5 Å². The molecule has 390 valence electrons. The summed E-state index contributed by atoms with van der Waals surface area (Å²) >= 11 is 0. The van der Waals surface area contributed by atoms with E-state index in [1.807, 2.05) is 0 Å². The second-order valence-corrected chi connectivity index (χ2v) is 29.9. The molecule has 0 amide bonds. The van der Waals surface area contributed by atoms with Crippen LogP contribution in [0.4, 0.5) is 0 Å². The van der Waals surface area contributed by atoms with Gasteiger partial charge >= 0.3 is 0 Å². The summed E-state index contributed by atoms with van der Waals surface area (Å²) in [5, 5.41) is 5.43. The van der Waals surface area contributed by atoms with E-state index in [0.717, 1.165) is 23.0 Å². The Bertz CT molecular complexity index is 1950. The molecule has 0 spiro atoms. The van der Waals surface area contributed by atoms with Crippen LogP contribution in [0.25, 0.3) is 0 Å². The standard InChI is InChI=1S/2C30H47O2P.C2Si.Rh/c2*1-27(2,3)21-15-19(16-22(25(21)31-13)28(4,5)6)33-20-17-23(29(7,8)9)26(32-14)24(18-20)30(10,11)12;1-2-3;/h2*15-18,33H,1-14H3;;/q;;-1;. The van der Waals surface area contributed by atoms with Crippen LogP contribution < -0.4 is 40.2 Å². The van der Waals surface area contributed by atoms with E-state index < -0.39 is 0 Å². The quantitative estimate of drug-likeness (QED) is 0.0763. The van der Waals surface area contributed by atoms with E-state index in [4.69, 9.17) is 25.4 Å². The predicted octanol–water partition coefficient (Wildman–Crippen LogP) is 14.7. The minimum absolute atomic E-state index is 0. The van der Waals surface area contributed by atoms with Crippen LogP contribution in [0.5, 0.6) is 23.0 Å². The first kappa shape index (κ1) is 65.4. The maximum atomic E-state index is 5.98. The van der Waals surface area contributed by atoms with E-state index in [1.54, 1.807) is 34.0 Å². The number of rotatable bonds is 8. The Labute approximate surface area is 450 Å². The zero-order valence-electron chi connectivity index (χ0n) is 49.1. The second kappa shape index (κ2) is 24.1. The number of hydrogen-bond acceptors (Lipinski definition) is 4. The van der Waals surface area contributed by atoms with Crippen molar-refractivity contribution >= 4 is 48.6 Å². The van der Waals surface area contributed by atoms with Crippen LogP contribution in [0, 0.1) is 12.0 Å². The second-order valence-electron chi connectivity index (χ2n) is 26.8. The summed E-state index contributed by atoms with van der Waals surface area (Å²) in [4.78, 5) is 0. The van der Waals surface area contributed by atoms with Crippen LogP contribution in [0.2, 0.25) is 0 Å². The van der Waals surface area contributed by atoms with Gasteiger partial charge in [0.1, 0.15) is 23.0 Å². The topological polar surface area (TPSA) is 36.9 Å². The molecule has 70 heavy (non-hydrogen) atoms. The van der Waals surface area contributed by atoms with Gasteiger partial charge in [-0.1, -0.05) is 183 Å². The van der Waals surface area contributed by atoms with Crippen molar-refractivity contribution in [2.45, 2.75) is 209 Å². The Morgan fingerprint density at radius 3 is 0.486 bits per heavy atom. The van der Waals surface area contributed by atoms with Gasteiger partial charge in [0.25, 0.3) is 0 Å². The van der Waals surface area contributed by atoms with Crippen LogP contribution in [0.15, 0.2) is 48.5 Å². The van der Waals surface area contributed by atoms with E-state index in [0.29, 0.717) is 17.2 Å². The van der Waals surface area contributed by atoms with E-state index in [2.05, 4.69) is 225 Å². The van der Waals surface area contributed by atoms with Gasteiger partial charge < -0.3 is 30.9 Å². The normalized spacial score (nSPS) is 12.6. The summed E-state index contributed by atoms with van der Waals surface area (Å²) in [6.45, 7) is 54.5. The van der Waals surface area contributed by atoms with E-state index in [-0.39, 0.29) is 62.8 Å². The SMILES string of the molecule is COc1c(C(C)(C)C)cc(Pc2cc(C(C)(C)C)c(OC)c(C(C)(C)C)c2)cc1C(C)(C)C.COc1c(C(C)(C)C)cc(Pc2cc(C(C)(C)C)c(OC)c(C(C)(C)C)c2)cc1C(C)(C)C.[C-]#C[Si].[Rh]. The number of methoxy groups -OCH3 is 4. The molecule has 0 unspecified atom stereocenters. The van der Waals surface area contributed by atoms with Gasteiger partial charge in [-0.15, -0.1) is 0 Å². The fourth-order valence-electron chi connectivity index (χ4n) is 8.47. The monoisotopic (exact) mass is 1100 g/mol. The molecule has 0 bridgehead atoms. The molecular weight excluding hydrogens is 1000 g/mol. The Hall–Kier alpha value is -2.66. The summed E-state index contributed by atoms with van der Waals surface area (Å²) in [5.41, 5.74) is 12.0. The van der Waals surface area contributed by atoms with Crippen molar-refractivity contribution in [1.82, 2.24) is 0 Å². The third-order valence-corrected chi connectivity index (χ3v) is 14.5. The summed E-state index contributed by atoms with van der Waals surface area (Å²) in [5.74, 6) is 4.13. The molecular formula is C62H94O4P2RhSi-. The van der Waals surface area contributed by atoms with E-state index in [9.17, 15) is 0 Å². The van der Waals surface area contributed by atoms with Crippen molar-refractivity contribution in [3.05, 3.63) is 99.5 Å². The molecule has 0 aliphatic carbocycles. The fourth-order valence-corrected chi connectivity index (χ4v) is 10.9. The van der Waals surface area contributed by atoms with Gasteiger partial charge in [0.05, 0.1) is 38.7 Å². The molecule has 0 saturated carbocycles. The maximum Gasteiger partial charge on any atom is 0.126 e. The Morgan fingerprint density at radius 2 is 0.414 bits per heavy atom. The van der Waals surface area contributed by atoms with E-state index >= 15 is 0 Å². The zero-order chi connectivity index (χ0) is 53.8.